The molecule has 0 saturated heterocycles. The molecule has 0 N–H and O–H groups in total. The highest BCUT2D eigenvalue weighted by atomic mass is 32.1. The van der Waals surface area contributed by atoms with Gasteiger partial charge in [0, 0.05) is 4.70 Å². The summed E-state index contributed by atoms with van der Waals surface area (Å²) in [4.78, 5) is 20.1. The van der Waals surface area contributed by atoms with Crippen LogP contribution in [-0.4, -0.2) is 9.97 Å². The monoisotopic (exact) mass is 265 g/mol. The molecule has 0 aliphatic heterocycles. The second-order valence-electron chi connectivity index (χ2n) is 3.84. The lowest BCUT2D eigenvalue weighted by atomic mass is 10.3. The molecule has 0 bridgehead atoms. The zero-order valence-corrected chi connectivity index (χ0v) is 10.5. The minimum atomic E-state index is -0.270. The summed E-state index contributed by atoms with van der Waals surface area (Å²) in [6, 6.07) is 14.4. The van der Waals surface area contributed by atoms with Gasteiger partial charge in [-0.25, -0.2) is 4.98 Å². The van der Waals surface area contributed by atoms with Gasteiger partial charge in [-0.3, -0.25) is 4.79 Å². The third-order valence-corrected chi connectivity index (χ3v) is 3.68. The first kappa shape index (κ1) is 11.5. The zero-order chi connectivity index (χ0) is 13.2. The summed E-state index contributed by atoms with van der Waals surface area (Å²) in [6.07, 6.45) is 0. The van der Waals surface area contributed by atoms with Crippen molar-refractivity contribution in [1.82, 2.24) is 9.97 Å². The van der Waals surface area contributed by atoms with Crippen LogP contribution < -0.4 is 5.56 Å². The highest BCUT2D eigenvalue weighted by Gasteiger charge is 2.07. The van der Waals surface area contributed by atoms with Gasteiger partial charge in [0.05, 0.1) is 5.39 Å². The first-order valence-corrected chi connectivity index (χ1v) is 6.37. The molecule has 2 heterocycles. The molecule has 4 nitrogen and oxygen atoms in total. The lowest BCUT2D eigenvalue weighted by molar-refractivity contribution is 1.22. The maximum atomic E-state index is 11.9. The van der Waals surface area contributed by atoms with E-state index in [1.54, 1.807) is 24.3 Å². The smallest absolute Gasteiger partial charge is 0.267 e. The van der Waals surface area contributed by atoms with Crippen molar-refractivity contribution in [3.05, 3.63) is 58.5 Å². The average molecular weight is 265 g/mol. The van der Waals surface area contributed by atoms with Crippen molar-refractivity contribution in [3.63, 3.8) is 0 Å². The van der Waals surface area contributed by atoms with Crippen LogP contribution in [0.1, 0.15) is 5.69 Å². The van der Waals surface area contributed by atoms with Gasteiger partial charge in [0.1, 0.15) is 22.5 Å². The van der Waals surface area contributed by atoms with E-state index in [1.165, 1.54) is 11.3 Å². The molecule has 1 aromatic carbocycles. The normalized spacial score (nSPS) is 10.3. The maximum Gasteiger partial charge on any atom is 0.279 e. The van der Waals surface area contributed by atoms with Crippen LogP contribution in [0.25, 0.3) is 20.8 Å². The molecule has 0 radical (unpaired) electrons. The van der Waals surface area contributed by atoms with Crippen molar-refractivity contribution >= 4 is 21.4 Å². The fraction of sp³-hybridized carbons (Fsp3) is 0. The molecule has 0 spiro atoms. The van der Waals surface area contributed by atoms with E-state index in [-0.39, 0.29) is 5.56 Å². The van der Waals surface area contributed by atoms with Crippen molar-refractivity contribution in [2.75, 3.05) is 0 Å². The van der Waals surface area contributed by atoms with Crippen LogP contribution in [0.15, 0.2) is 47.3 Å². The second-order valence-corrected chi connectivity index (χ2v) is 4.87. The number of hydrogen-bond acceptors (Lipinski definition) is 5. The van der Waals surface area contributed by atoms with Crippen molar-refractivity contribution in [2.24, 2.45) is 0 Å². The number of hydrogen-bond donors (Lipinski definition) is 0. The lowest BCUT2D eigenvalue weighted by Crippen LogP contribution is -2.06. The standard InChI is InChI=1S/C14H7N3OS/c15-8-9-4-3-6-11(16-9)14-17-13(18)10-5-1-2-7-12(10)19-14/h1-7H. The molecule has 0 aliphatic carbocycles. The van der Waals surface area contributed by atoms with E-state index in [0.717, 1.165) is 4.70 Å². The van der Waals surface area contributed by atoms with Gasteiger partial charge >= 0.3 is 0 Å². The SMILES string of the molecule is N#Cc1cccc(-c2nc(=O)c3ccccc3s2)n1. The Labute approximate surface area is 112 Å². The first-order chi connectivity index (χ1) is 9.28. The molecule has 0 atom stereocenters. The Hall–Kier alpha value is -2.58. The molecule has 3 rings (SSSR count). The fourth-order valence-corrected chi connectivity index (χ4v) is 2.70. The number of fused-ring (bicyclic) bond motifs is 1. The third kappa shape index (κ3) is 2.09. The van der Waals surface area contributed by atoms with Crippen LogP contribution in [0.2, 0.25) is 0 Å². The number of nitriles is 1. The number of nitrogens with zero attached hydrogens (tertiary/aromatic N) is 3. The van der Waals surface area contributed by atoms with E-state index in [0.29, 0.717) is 21.8 Å². The molecule has 0 unspecified atom stereocenters. The maximum absolute atomic E-state index is 11.9. The Kier molecular flexibility index (Phi) is 2.78. The van der Waals surface area contributed by atoms with E-state index < -0.39 is 0 Å². The van der Waals surface area contributed by atoms with Gasteiger partial charge in [0.15, 0.2) is 0 Å². The highest BCUT2D eigenvalue weighted by molar-refractivity contribution is 7.21. The second kappa shape index (κ2) is 4.59. The number of pyridine rings is 1. The lowest BCUT2D eigenvalue weighted by Gasteiger charge is -2.01. The van der Waals surface area contributed by atoms with Gasteiger partial charge in [0.25, 0.3) is 5.56 Å². The van der Waals surface area contributed by atoms with Gasteiger partial charge in [-0.15, -0.1) is 11.3 Å². The van der Waals surface area contributed by atoms with E-state index in [9.17, 15) is 4.79 Å². The van der Waals surface area contributed by atoms with Gasteiger partial charge in [-0.1, -0.05) is 18.2 Å². The summed E-state index contributed by atoms with van der Waals surface area (Å²) in [5.41, 5.74) is 0.590. The Balaban J connectivity index is 2.26. The Morgan fingerprint density at radius 1 is 1.05 bits per heavy atom. The largest absolute Gasteiger partial charge is 0.279 e. The molecular formula is C14H7N3OS. The summed E-state index contributed by atoms with van der Waals surface area (Å²) in [5, 5.41) is 9.98. The summed E-state index contributed by atoms with van der Waals surface area (Å²) in [5.74, 6) is 0. The summed E-state index contributed by atoms with van der Waals surface area (Å²) < 4.78 is 0.863. The van der Waals surface area contributed by atoms with Gasteiger partial charge in [-0.2, -0.15) is 10.2 Å². The van der Waals surface area contributed by atoms with Crippen LogP contribution in [0.5, 0.6) is 0 Å². The van der Waals surface area contributed by atoms with Crippen molar-refractivity contribution in [2.45, 2.75) is 0 Å². The minimum absolute atomic E-state index is 0.270. The number of benzene rings is 1. The van der Waals surface area contributed by atoms with E-state index in [4.69, 9.17) is 5.26 Å². The predicted octanol–water partition coefficient (Wildman–Crippen LogP) is 2.59. The van der Waals surface area contributed by atoms with Crippen LogP contribution in [0, 0.1) is 11.3 Å². The quantitative estimate of drug-likeness (QED) is 0.678. The first-order valence-electron chi connectivity index (χ1n) is 5.55. The van der Waals surface area contributed by atoms with Crippen LogP contribution in [0.3, 0.4) is 0 Å². The van der Waals surface area contributed by atoms with E-state index in [1.807, 2.05) is 24.3 Å². The van der Waals surface area contributed by atoms with E-state index in [2.05, 4.69) is 9.97 Å². The van der Waals surface area contributed by atoms with Crippen molar-refractivity contribution < 1.29 is 0 Å². The summed E-state index contributed by atoms with van der Waals surface area (Å²) in [6.45, 7) is 0. The van der Waals surface area contributed by atoms with Crippen molar-refractivity contribution in [1.29, 1.82) is 5.26 Å². The highest BCUT2D eigenvalue weighted by Crippen LogP contribution is 2.24. The van der Waals surface area contributed by atoms with Crippen molar-refractivity contribution in [3.8, 4) is 16.8 Å². The number of rotatable bonds is 1. The molecular weight excluding hydrogens is 258 g/mol. The summed E-state index contributed by atoms with van der Waals surface area (Å²) >= 11 is 1.39. The Morgan fingerprint density at radius 2 is 1.89 bits per heavy atom. The Bertz CT molecular complexity index is 864. The predicted molar refractivity (Wildman–Crippen MR) is 73.8 cm³/mol. The van der Waals surface area contributed by atoms with Crippen LogP contribution in [0.4, 0.5) is 0 Å². The fourth-order valence-electron chi connectivity index (χ4n) is 1.74. The topological polar surface area (TPSA) is 66.6 Å². The minimum Gasteiger partial charge on any atom is -0.267 e. The third-order valence-electron chi connectivity index (χ3n) is 2.61. The molecule has 3 aromatic rings. The molecule has 0 amide bonds. The van der Waals surface area contributed by atoms with Gasteiger partial charge < -0.3 is 0 Å². The molecule has 0 fully saturated rings. The van der Waals surface area contributed by atoms with Crippen LogP contribution in [-0.2, 0) is 0 Å². The van der Waals surface area contributed by atoms with Crippen LogP contribution >= 0.6 is 11.3 Å². The van der Waals surface area contributed by atoms with Gasteiger partial charge in [0.2, 0.25) is 0 Å². The average Bonchev–Trinajstić information content (AvgIpc) is 2.47. The molecule has 90 valence electrons. The van der Waals surface area contributed by atoms with Gasteiger partial charge in [-0.05, 0) is 24.3 Å². The number of aromatic nitrogens is 2. The summed E-state index contributed by atoms with van der Waals surface area (Å²) in [7, 11) is 0. The Morgan fingerprint density at radius 3 is 2.74 bits per heavy atom. The molecule has 0 saturated carbocycles. The molecule has 5 heteroatoms. The molecule has 19 heavy (non-hydrogen) atoms. The molecule has 2 aromatic heterocycles. The van der Waals surface area contributed by atoms with E-state index >= 15 is 0 Å². The molecule has 0 aliphatic rings. The zero-order valence-electron chi connectivity index (χ0n) is 9.70.